The molecule has 10 nitrogen and oxygen atoms in total. The molecule has 2 fully saturated rings. The van der Waals surface area contributed by atoms with Crippen molar-refractivity contribution in [3.63, 3.8) is 0 Å². The number of carbonyl (C=O) groups is 1. The van der Waals surface area contributed by atoms with Crippen molar-refractivity contribution < 1.29 is 38.5 Å². The van der Waals surface area contributed by atoms with E-state index in [0.717, 1.165) is 0 Å². The highest BCUT2D eigenvalue weighted by molar-refractivity contribution is 5.89. The SMILES string of the molecule is COC1(C)O[C@H]2[C@H](O[C@]1(C)CO)[C@H](C)OC[C@@H]2OC(=O)c1ccc([N+](=O)[O-])cc1. The van der Waals surface area contributed by atoms with E-state index in [1.54, 1.807) is 13.8 Å². The molecule has 6 atom stereocenters. The number of benzene rings is 1. The van der Waals surface area contributed by atoms with Crippen molar-refractivity contribution in [2.45, 2.75) is 56.6 Å². The molecule has 2 aliphatic rings. The van der Waals surface area contributed by atoms with Gasteiger partial charge in [0, 0.05) is 19.2 Å². The minimum atomic E-state index is -1.28. The maximum absolute atomic E-state index is 12.5. The summed E-state index contributed by atoms with van der Waals surface area (Å²) in [6.45, 7) is 4.87. The number of aliphatic hydroxyl groups is 1. The van der Waals surface area contributed by atoms with Crippen LogP contribution in [0.1, 0.15) is 31.1 Å². The maximum atomic E-state index is 12.5. The smallest absolute Gasteiger partial charge is 0.338 e. The summed E-state index contributed by atoms with van der Waals surface area (Å²) in [5.41, 5.74) is -1.11. The lowest BCUT2D eigenvalue weighted by molar-refractivity contribution is -0.418. The van der Waals surface area contributed by atoms with E-state index in [9.17, 15) is 20.0 Å². The highest BCUT2D eigenvalue weighted by atomic mass is 16.8. The number of hydrogen-bond acceptors (Lipinski definition) is 9. The molecule has 0 aromatic heterocycles. The Hall–Kier alpha value is -2.11. The Morgan fingerprint density at radius 1 is 1.28 bits per heavy atom. The molecule has 2 saturated heterocycles. The highest BCUT2D eigenvalue weighted by Gasteiger charge is 2.60. The largest absolute Gasteiger partial charge is 0.453 e. The number of carbonyl (C=O) groups excluding carboxylic acids is 1. The molecule has 1 aromatic carbocycles. The molecule has 1 N–H and O–H groups in total. The molecule has 0 spiro atoms. The Kier molecular flexibility index (Phi) is 5.93. The Morgan fingerprint density at radius 2 is 1.93 bits per heavy atom. The summed E-state index contributed by atoms with van der Waals surface area (Å²) in [6, 6.07) is 5.11. The first kappa shape index (κ1) is 21.6. The fourth-order valence-corrected chi connectivity index (χ4v) is 3.48. The van der Waals surface area contributed by atoms with Gasteiger partial charge in [0.2, 0.25) is 0 Å². The third kappa shape index (κ3) is 3.86. The summed E-state index contributed by atoms with van der Waals surface area (Å²) in [5, 5.41) is 20.6. The van der Waals surface area contributed by atoms with Gasteiger partial charge in [-0.25, -0.2) is 4.79 Å². The standard InChI is InChI=1S/C19H25NO9/c1-11-15-16(29-19(3,25-4)18(2,10-21)28-15)14(9-26-11)27-17(22)12-5-7-13(8-6-12)20(23)24/h5-8,11,14-16,21H,9-10H2,1-4H3/t11-,14-,15+,16+,18+,19?/m0/s1. The molecular weight excluding hydrogens is 386 g/mol. The number of nitro groups is 1. The number of methoxy groups -OCH3 is 1. The molecule has 0 amide bonds. The van der Waals surface area contributed by atoms with Crippen LogP contribution in [0.5, 0.6) is 0 Å². The lowest BCUT2D eigenvalue weighted by Gasteiger charge is -2.56. The second-order valence-corrected chi connectivity index (χ2v) is 7.49. The molecular formula is C19H25NO9. The zero-order chi connectivity index (χ0) is 21.4. The average Bonchev–Trinajstić information content (AvgIpc) is 2.71. The number of nitro benzene ring substituents is 1. The molecule has 2 aliphatic heterocycles. The maximum Gasteiger partial charge on any atom is 0.338 e. The highest BCUT2D eigenvalue weighted by Crippen LogP contribution is 2.42. The minimum absolute atomic E-state index is 0.0834. The van der Waals surface area contributed by atoms with Crippen molar-refractivity contribution in [3.05, 3.63) is 39.9 Å². The van der Waals surface area contributed by atoms with Crippen LogP contribution in [0.15, 0.2) is 24.3 Å². The first-order chi connectivity index (χ1) is 13.6. The van der Waals surface area contributed by atoms with Crippen LogP contribution >= 0.6 is 0 Å². The van der Waals surface area contributed by atoms with Crippen LogP contribution < -0.4 is 0 Å². The number of hydrogen-bond donors (Lipinski definition) is 1. The van der Waals surface area contributed by atoms with E-state index in [-0.39, 0.29) is 30.6 Å². The fraction of sp³-hybridized carbons (Fsp3) is 0.632. The molecule has 3 rings (SSSR count). The van der Waals surface area contributed by atoms with Gasteiger partial charge < -0.3 is 28.8 Å². The summed E-state index contributed by atoms with van der Waals surface area (Å²) in [5.74, 6) is -1.95. The van der Waals surface area contributed by atoms with Gasteiger partial charge >= 0.3 is 5.97 Å². The molecule has 1 unspecified atom stereocenters. The van der Waals surface area contributed by atoms with Crippen molar-refractivity contribution in [2.75, 3.05) is 20.3 Å². The van der Waals surface area contributed by atoms with Crippen LogP contribution in [-0.2, 0) is 23.7 Å². The predicted octanol–water partition coefficient (Wildman–Crippen LogP) is 1.44. The first-order valence-electron chi connectivity index (χ1n) is 9.23. The van der Waals surface area contributed by atoms with E-state index < -0.39 is 40.6 Å². The van der Waals surface area contributed by atoms with Gasteiger partial charge in [-0.2, -0.15) is 0 Å². The van der Waals surface area contributed by atoms with Crippen molar-refractivity contribution in [1.82, 2.24) is 0 Å². The molecule has 29 heavy (non-hydrogen) atoms. The van der Waals surface area contributed by atoms with E-state index in [2.05, 4.69) is 0 Å². The van der Waals surface area contributed by atoms with Gasteiger partial charge in [-0.05, 0) is 32.9 Å². The van der Waals surface area contributed by atoms with Gasteiger partial charge in [-0.1, -0.05) is 0 Å². The Balaban J connectivity index is 1.79. The Labute approximate surface area is 167 Å². The lowest BCUT2D eigenvalue weighted by atomic mass is 9.89. The van der Waals surface area contributed by atoms with Gasteiger partial charge in [-0.15, -0.1) is 0 Å². The van der Waals surface area contributed by atoms with Crippen molar-refractivity contribution >= 4 is 11.7 Å². The zero-order valence-electron chi connectivity index (χ0n) is 16.7. The number of rotatable bonds is 5. The van der Waals surface area contributed by atoms with Gasteiger partial charge in [0.1, 0.15) is 17.8 Å². The summed E-state index contributed by atoms with van der Waals surface area (Å²) in [7, 11) is 1.44. The lowest BCUT2D eigenvalue weighted by Crippen LogP contribution is -2.71. The molecule has 0 aliphatic carbocycles. The Morgan fingerprint density at radius 3 is 2.48 bits per heavy atom. The monoisotopic (exact) mass is 411 g/mol. The van der Waals surface area contributed by atoms with Gasteiger partial charge in [0.25, 0.3) is 5.69 Å². The van der Waals surface area contributed by atoms with E-state index in [1.807, 2.05) is 6.92 Å². The predicted molar refractivity (Wildman–Crippen MR) is 98.4 cm³/mol. The minimum Gasteiger partial charge on any atom is -0.453 e. The number of nitrogens with zero attached hydrogens (tertiary/aromatic N) is 1. The van der Waals surface area contributed by atoms with Crippen LogP contribution in [0.25, 0.3) is 0 Å². The molecule has 160 valence electrons. The molecule has 2 heterocycles. The second-order valence-electron chi connectivity index (χ2n) is 7.49. The third-order valence-corrected chi connectivity index (χ3v) is 5.66. The van der Waals surface area contributed by atoms with E-state index in [0.29, 0.717) is 0 Å². The summed E-state index contributed by atoms with van der Waals surface area (Å²) < 4.78 is 29.0. The third-order valence-electron chi connectivity index (χ3n) is 5.66. The molecule has 1 aromatic rings. The molecule has 10 heteroatoms. The van der Waals surface area contributed by atoms with E-state index >= 15 is 0 Å². The normalized spacial score (nSPS) is 36.9. The fourth-order valence-electron chi connectivity index (χ4n) is 3.48. The second kappa shape index (κ2) is 7.96. The Bertz CT molecular complexity index is 769. The number of non-ortho nitro benzene ring substituents is 1. The van der Waals surface area contributed by atoms with Crippen molar-refractivity contribution in [1.29, 1.82) is 0 Å². The van der Waals surface area contributed by atoms with Crippen LogP contribution in [0.2, 0.25) is 0 Å². The summed E-state index contributed by atoms with van der Waals surface area (Å²) in [4.78, 5) is 22.8. The van der Waals surface area contributed by atoms with Crippen LogP contribution in [0.3, 0.4) is 0 Å². The first-order valence-corrected chi connectivity index (χ1v) is 9.23. The van der Waals surface area contributed by atoms with Crippen LogP contribution in [-0.4, -0.2) is 72.1 Å². The quantitative estimate of drug-likeness (QED) is 0.435. The van der Waals surface area contributed by atoms with Gasteiger partial charge in [-0.3, -0.25) is 10.1 Å². The number of ether oxygens (including phenoxy) is 5. The van der Waals surface area contributed by atoms with Crippen molar-refractivity contribution in [2.24, 2.45) is 0 Å². The average molecular weight is 411 g/mol. The van der Waals surface area contributed by atoms with E-state index in [4.69, 9.17) is 23.7 Å². The zero-order valence-corrected chi connectivity index (χ0v) is 16.7. The number of aliphatic hydroxyl groups excluding tert-OH is 1. The number of fused-ring (bicyclic) bond motifs is 1. The summed E-state index contributed by atoms with van der Waals surface area (Å²) >= 11 is 0. The van der Waals surface area contributed by atoms with Gasteiger partial charge in [0.15, 0.2) is 11.9 Å². The van der Waals surface area contributed by atoms with Gasteiger partial charge in [0.05, 0.1) is 29.8 Å². The van der Waals surface area contributed by atoms with Crippen molar-refractivity contribution in [3.8, 4) is 0 Å². The molecule has 0 saturated carbocycles. The van der Waals surface area contributed by atoms with E-state index in [1.165, 1.54) is 31.4 Å². The van der Waals surface area contributed by atoms with Crippen LogP contribution in [0.4, 0.5) is 5.69 Å². The van der Waals surface area contributed by atoms with Crippen LogP contribution in [0, 0.1) is 10.1 Å². The number of esters is 1. The topological polar surface area (TPSA) is 127 Å². The summed E-state index contributed by atoms with van der Waals surface area (Å²) in [6.07, 6.45) is -2.44. The molecule has 0 radical (unpaired) electrons. The molecule has 0 bridgehead atoms.